The van der Waals surface area contributed by atoms with Crippen molar-refractivity contribution >= 4 is 80.1 Å². The topological polar surface area (TPSA) is 127 Å². The molecule has 1 amide bonds. The van der Waals surface area contributed by atoms with E-state index in [1.807, 2.05) is 0 Å². The summed E-state index contributed by atoms with van der Waals surface area (Å²) in [6, 6.07) is 9.60. The van der Waals surface area contributed by atoms with Gasteiger partial charge in [-0.15, -0.1) is 0 Å². The summed E-state index contributed by atoms with van der Waals surface area (Å²) >= 11 is 0. The average Bonchev–Trinajstić information content (AvgIpc) is 3.39. The molecule has 9 nitrogen and oxygen atoms in total. The molecule has 3 aromatic rings. The third-order valence-electron chi connectivity index (χ3n) is 6.78. The largest absolute Gasteiger partial charge is 0.488 e. The summed E-state index contributed by atoms with van der Waals surface area (Å²) in [7, 11) is 49.7. The predicted octanol–water partition coefficient (Wildman–Crippen LogP) is -1.49. The van der Waals surface area contributed by atoms with E-state index in [4.69, 9.17) is 87.9 Å². The summed E-state index contributed by atoms with van der Waals surface area (Å²) in [6.07, 6.45) is 0. The average molecular weight is 546 g/mol. The molecule has 0 saturated carbocycles. The molecule has 1 fully saturated rings. The van der Waals surface area contributed by atoms with Crippen molar-refractivity contribution in [2.75, 3.05) is 26.1 Å². The van der Waals surface area contributed by atoms with Gasteiger partial charge in [0.25, 0.3) is 5.91 Å². The van der Waals surface area contributed by atoms with Crippen molar-refractivity contribution in [3.63, 3.8) is 0 Å². The molecule has 0 spiro atoms. The Balaban J connectivity index is 1.57. The molecule has 0 bridgehead atoms. The van der Waals surface area contributed by atoms with Crippen LogP contribution in [0.3, 0.4) is 0 Å². The van der Waals surface area contributed by atoms with Crippen LogP contribution in [-0.4, -0.2) is 126 Å². The van der Waals surface area contributed by atoms with E-state index < -0.39 is 33.1 Å². The molecule has 1 saturated heterocycles. The number of halogens is 1. The molecule has 194 valence electrons. The Morgan fingerprint density at radius 1 is 1.02 bits per heavy atom. The van der Waals surface area contributed by atoms with Crippen molar-refractivity contribution in [2.24, 2.45) is 0 Å². The highest BCUT2D eigenvalue weighted by atomic mass is 19.1. The molecular formula is C24H18B8FN5O4. The van der Waals surface area contributed by atoms with Crippen molar-refractivity contribution in [3.8, 4) is 17.0 Å². The van der Waals surface area contributed by atoms with E-state index in [0.717, 1.165) is 6.07 Å². The molecular weight excluding hydrogens is 528 g/mol. The van der Waals surface area contributed by atoms with Gasteiger partial charge >= 0.3 is 0 Å². The fourth-order valence-electron chi connectivity index (χ4n) is 4.26. The van der Waals surface area contributed by atoms with E-state index in [1.54, 1.807) is 0 Å². The van der Waals surface area contributed by atoms with Gasteiger partial charge in [0.1, 0.15) is 18.0 Å². The highest BCUT2D eigenvalue weighted by molar-refractivity contribution is 6.61. The molecule has 2 heterocycles. The van der Waals surface area contributed by atoms with Gasteiger partial charge in [0.05, 0.1) is 69.4 Å². The highest BCUT2D eigenvalue weighted by Crippen LogP contribution is 2.37. The maximum atomic E-state index is 14.6. The summed E-state index contributed by atoms with van der Waals surface area (Å²) < 4.78 is 30.1. The highest BCUT2D eigenvalue weighted by Gasteiger charge is 2.57. The van der Waals surface area contributed by atoms with Crippen LogP contribution < -0.4 is 15.8 Å². The Kier molecular flexibility index (Phi) is 8.38. The second kappa shape index (κ2) is 11.1. The molecule has 16 radical (unpaired) electrons. The van der Waals surface area contributed by atoms with Crippen LogP contribution in [0.15, 0.2) is 47.0 Å². The van der Waals surface area contributed by atoms with Crippen LogP contribution in [0.1, 0.15) is 21.7 Å². The van der Waals surface area contributed by atoms with Crippen LogP contribution in [0, 0.1) is 11.2 Å². The number of nitrogens with one attached hydrogen (secondary N) is 2. The minimum atomic E-state index is -2.34. The normalized spacial score (nSPS) is 18.3. The van der Waals surface area contributed by atoms with Crippen LogP contribution in [0.5, 0.6) is 5.75 Å². The van der Waals surface area contributed by atoms with Crippen molar-refractivity contribution in [1.82, 2.24) is 15.4 Å². The van der Waals surface area contributed by atoms with Crippen LogP contribution in [0.25, 0.3) is 11.3 Å². The second-order valence-corrected chi connectivity index (χ2v) is 9.89. The molecule has 0 atom stereocenters. The third-order valence-corrected chi connectivity index (χ3v) is 6.78. The minimum Gasteiger partial charge on any atom is -0.488 e. The maximum absolute atomic E-state index is 14.6. The van der Waals surface area contributed by atoms with Crippen molar-refractivity contribution in [2.45, 2.75) is 21.4 Å². The van der Waals surface area contributed by atoms with Gasteiger partial charge in [-0.3, -0.25) is 10.2 Å². The van der Waals surface area contributed by atoms with Gasteiger partial charge in [-0.1, -0.05) is 28.0 Å². The number of ether oxygens (including phenoxy) is 2. The number of carbonyl (C=O) groups is 1. The fraction of sp³-hybridized carbons (Fsp3) is 0.292. The number of anilines is 1. The number of methoxy groups -OCH3 is 1. The number of rotatable bonds is 8. The van der Waals surface area contributed by atoms with Gasteiger partial charge in [-0.25, -0.2) is 4.39 Å². The monoisotopic (exact) mass is 547 g/mol. The number of piperazine rings is 1. The number of amides is 1. The number of benzene rings is 2. The number of nitrogens with zero attached hydrogens (tertiary/aromatic N) is 2. The lowest BCUT2D eigenvalue weighted by Crippen LogP contribution is -2.92. The summed E-state index contributed by atoms with van der Waals surface area (Å²) in [5.74, 6) is -1.68. The molecule has 1 aliphatic heterocycles. The Bertz CT molecular complexity index is 1490. The second-order valence-electron chi connectivity index (χ2n) is 9.89. The van der Waals surface area contributed by atoms with E-state index in [9.17, 15) is 9.18 Å². The lowest BCUT2D eigenvalue weighted by molar-refractivity contribution is 0.0461. The van der Waals surface area contributed by atoms with E-state index in [-0.39, 0.29) is 47.2 Å². The third kappa shape index (κ3) is 5.46. The first-order valence-corrected chi connectivity index (χ1v) is 12.3. The lowest BCUT2D eigenvalue weighted by Gasteiger charge is -2.71. The van der Waals surface area contributed by atoms with E-state index in [2.05, 4.69) is 10.5 Å². The molecule has 0 unspecified atom stereocenters. The zero-order valence-corrected chi connectivity index (χ0v) is 22.6. The molecule has 4 N–H and O–H groups in total. The molecule has 0 aliphatic carbocycles. The number of aromatic nitrogens is 1. The van der Waals surface area contributed by atoms with E-state index in [0.29, 0.717) is 16.2 Å². The molecule has 4 rings (SSSR count). The SMILES string of the molecule is [B]C1([B])NC([B])([B])C([B])([B])N(C(=O)c2ccc(-c3cc(C(=N)c4cc(F)c(OCCOC)cc4N)on3)cc2)C1([B])[B]. The number of hydrogen-bond acceptors (Lipinski definition) is 8. The molecule has 2 aromatic carbocycles. The molecule has 1 aromatic heterocycles. The fourth-order valence-corrected chi connectivity index (χ4v) is 4.26. The zero-order valence-electron chi connectivity index (χ0n) is 22.6. The first kappa shape index (κ1) is 31.7. The Hall–Kier alpha value is -3.24. The summed E-state index contributed by atoms with van der Waals surface area (Å²) in [5, 5.41) is 5.73. The number of nitrogen functional groups attached to an aromatic ring is 1. The summed E-state index contributed by atoms with van der Waals surface area (Å²) in [5.41, 5.74) is 6.76. The quantitative estimate of drug-likeness (QED) is 0.136. The van der Waals surface area contributed by atoms with Gasteiger partial charge in [0.2, 0.25) is 0 Å². The predicted molar refractivity (Wildman–Crippen MR) is 162 cm³/mol. The van der Waals surface area contributed by atoms with E-state index >= 15 is 0 Å². The van der Waals surface area contributed by atoms with Gasteiger partial charge in [-0.05, 0) is 28.9 Å². The van der Waals surface area contributed by atoms with Crippen LogP contribution in [-0.2, 0) is 4.74 Å². The summed E-state index contributed by atoms with van der Waals surface area (Å²) in [6.45, 7) is 0.378. The van der Waals surface area contributed by atoms with Crippen molar-refractivity contribution in [1.29, 1.82) is 5.41 Å². The smallest absolute Gasteiger partial charge is 0.252 e. The van der Waals surface area contributed by atoms with Gasteiger partial charge < -0.3 is 29.9 Å². The Labute approximate surface area is 253 Å². The van der Waals surface area contributed by atoms with Crippen LogP contribution >= 0.6 is 0 Å². The zero-order chi connectivity index (χ0) is 31.3. The maximum Gasteiger partial charge on any atom is 0.252 e. The standard InChI is InChI=1S/C24H18B8FN5O4/c1-40-6-7-41-17-9-15(34)13(8-14(17)33)19(35)18-10-16(36-42-18)11-2-4-12(5-3-11)20(39)38-23(29,30)21(25,26)37-22(27,28)24(38,31)32/h2-5,8-10,35,37H,6-7,34H2,1H3. The Morgan fingerprint density at radius 3 is 2.19 bits per heavy atom. The molecule has 42 heavy (non-hydrogen) atoms. The van der Waals surface area contributed by atoms with Gasteiger partial charge in [-0.2, -0.15) is 0 Å². The van der Waals surface area contributed by atoms with Crippen molar-refractivity contribution in [3.05, 3.63) is 65.2 Å². The lowest BCUT2D eigenvalue weighted by atomic mass is 9.27. The first-order valence-electron chi connectivity index (χ1n) is 12.3. The Morgan fingerprint density at radius 2 is 1.62 bits per heavy atom. The number of hydrogen-bond donors (Lipinski definition) is 3. The van der Waals surface area contributed by atoms with Gasteiger partial charge in [0.15, 0.2) is 17.3 Å². The first-order chi connectivity index (χ1) is 19.4. The molecule has 18 heteroatoms. The summed E-state index contributed by atoms with van der Waals surface area (Å²) in [4.78, 5) is 14.1. The minimum absolute atomic E-state index is 0.00155. The van der Waals surface area contributed by atoms with E-state index in [1.165, 1.54) is 43.5 Å². The molecule has 1 aliphatic rings. The number of nitrogens with two attached hydrogens (primary N) is 1. The van der Waals surface area contributed by atoms with Crippen LogP contribution in [0.4, 0.5) is 10.1 Å². The number of carbonyl (C=O) groups excluding carboxylic acids is 1. The van der Waals surface area contributed by atoms with Crippen molar-refractivity contribution < 1.29 is 23.2 Å². The van der Waals surface area contributed by atoms with Gasteiger partial charge in [0, 0.05) is 41.6 Å². The van der Waals surface area contributed by atoms with Crippen LogP contribution in [0.2, 0.25) is 0 Å².